The number of hydrogen-bond acceptors (Lipinski definition) is 1. The molecule has 3 heteroatoms. The molecule has 0 fully saturated rings. The van der Waals surface area contributed by atoms with Gasteiger partial charge in [-0.15, -0.1) is 0 Å². The molecule has 0 atom stereocenters. The molecule has 0 aliphatic rings. The van der Waals surface area contributed by atoms with Gasteiger partial charge in [-0.25, -0.2) is 0 Å². The molecule has 0 aromatic rings. The van der Waals surface area contributed by atoms with Crippen molar-refractivity contribution >= 4 is 5.96 Å². The average Bonchev–Trinajstić information content (AvgIpc) is 3.09. The van der Waals surface area contributed by atoms with Crippen LogP contribution < -0.4 is 11.1 Å². The third-order valence-electron chi connectivity index (χ3n) is 10.6. The van der Waals surface area contributed by atoms with Gasteiger partial charge in [0, 0.05) is 13.1 Å². The summed E-state index contributed by atoms with van der Waals surface area (Å²) in [6.45, 7) is 6.47. The predicted octanol–water partition coefficient (Wildman–Crippen LogP) is 15.5. The minimum atomic E-state index is 0.658. The molecule has 0 saturated heterocycles. The van der Waals surface area contributed by atoms with Gasteiger partial charge < -0.3 is 11.1 Å². The largest absolute Gasteiger partial charge is 0.370 e. The van der Waals surface area contributed by atoms with Crippen molar-refractivity contribution < 1.29 is 0 Å². The highest BCUT2D eigenvalue weighted by Crippen LogP contribution is 2.16. The summed E-state index contributed by atoms with van der Waals surface area (Å²) < 4.78 is 0. The first kappa shape index (κ1) is 47.3. The van der Waals surface area contributed by atoms with Crippen molar-refractivity contribution in [1.82, 2.24) is 5.32 Å². The lowest BCUT2D eigenvalue weighted by Gasteiger charge is -2.06. The summed E-state index contributed by atoms with van der Waals surface area (Å²) in [7, 11) is 0. The second-order valence-electron chi connectivity index (χ2n) is 15.6. The lowest BCUT2D eigenvalue weighted by molar-refractivity contribution is 0.521. The molecule has 0 unspecified atom stereocenters. The third kappa shape index (κ3) is 43.3. The van der Waals surface area contributed by atoms with Crippen LogP contribution in [-0.2, 0) is 0 Å². The van der Waals surface area contributed by atoms with E-state index in [4.69, 9.17) is 5.73 Å². The molecule has 0 aliphatic heterocycles. The second kappa shape index (κ2) is 44.3. The Balaban J connectivity index is 3.19. The van der Waals surface area contributed by atoms with E-state index < -0.39 is 0 Å². The SMILES string of the molecule is CCCCCCCCCCCCCCCCCCCCCCN=C(N)NCCCCCCCCCCCCCCCCCCCCCC. The molecule has 0 amide bonds. The van der Waals surface area contributed by atoms with Crippen LogP contribution in [0.2, 0.25) is 0 Å². The summed E-state index contributed by atoms with van der Waals surface area (Å²) in [5.74, 6) is 0.658. The number of nitrogens with one attached hydrogen (secondary N) is 1. The Morgan fingerprint density at radius 3 is 0.771 bits per heavy atom. The highest BCUT2D eigenvalue weighted by molar-refractivity contribution is 5.77. The normalized spacial score (nSPS) is 11.9. The zero-order valence-corrected chi connectivity index (χ0v) is 33.7. The molecule has 0 radical (unpaired) electrons. The minimum absolute atomic E-state index is 0.658. The third-order valence-corrected chi connectivity index (χ3v) is 10.6. The van der Waals surface area contributed by atoms with Crippen molar-refractivity contribution in [2.24, 2.45) is 10.7 Å². The first-order valence-corrected chi connectivity index (χ1v) is 22.8. The number of nitrogens with two attached hydrogens (primary N) is 1. The lowest BCUT2D eigenvalue weighted by Crippen LogP contribution is -2.32. The molecule has 0 aromatic heterocycles. The van der Waals surface area contributed by atoms with Crippen LogP contribution in [0.5, 0.6) is 0 Å². The fourth-order valence-electron chi connectivity index (χ4n) is 7.22. The van der Waals surface area contributed by atoms with E-state index in [9.17, 15) is 0 Å². The quantitative estimate of drug-likeness (QED) is 0.0384. The van der Waals surface area contributed by atoms with Crippen LogP contribution in [0.4, 0.5) is 0 Å². The molecule has 288 valence electrons. The van der Waals surface area contributed by atoms with E-state index in [0.29, 0.717) is 5.96 Å². The number of rotatable bonds is 42. The molecular weight excluding hydrogens is 583 g/mol. The number of nitrogens with zero attached hydrogens (tertiary/aromatic N) is 1. The number of guanidine groups is 1. The van der Waals surface area contributed by atoms with Gasteiger partial charge in [-0.3, -0.25) is 4.99 Å². The van der Waals surface area contributed by atoms with Crippen molar-refractivity contribution in [3.8, 4) is 0 Å². The van der Waals surface area contributed by atoms with Gasteiger partial charge in [-0.05, 0) is 12.8 Å². The summed E-state index contributed by atoms with van der Waals surface area (Å²) in [6, 6.07) is 0. The van der Waals surface area contributed by atoms with Gasteiger partial charge >= 0.3 is 0 Å². The Bertz CT molecular complexity index is 589. The highest BCUT2D eigenvalue weighted by Gasteiger charge is 1.98. The smallest absolute Gasteiger partial charge is 0.188 e. The van der Waals surface area contributed by atoms with Gasteiger partial charge in [0.05, 0.1) is 0 Å². The van der Waals surface area contributed by atoms with Crippen molar-refractivity contribution in [2.45, 2.75) is 271 Å². The summed E-state index contributed by atoms with van der Waals surface area (Å²) in [5.41, 5.74) is 6.08. The van der Waals surface area contributed by atoms with E-state index >= 15 is 0 Å². The van der Waals surface area contributed by atoms with Crippen LogP contribution in [-0.4, -0.2) is 19.0 Å². The Kier molecular flexibility index (Phi) is 43.6. The molecule has 48 heavy (non-hydrogen) atoms. The van der Waals surface area contributed by atoms with Crippen molar-refractivity contribution in [1.29, 1.82) is 0 Å². The maximum Gasteiger partial charge on any atom is 0.188 e. The van der Waals surface area contributed by atoms with E-state index in [1.165, 1.54) is 257 Å². The molecule has 0 bridgehead atoms. The van der Waals surface area contributed by atoms with Crippen molar-refractivity contribution in [3.05, 3.63) is 0 Å². The zero-order valence-electron chi connectivity index (χ0n) is 33.7. The first-order valence-electron chi connectivity index (χ1n) is 22.8. The molecule has 0 heterocycles. The van der Waals surface area contributed by atoms with Crippen LogP contribution in [0.1, 0.15) is 271 Å². The van der Waals surface area contributed by atoms with Crippen LogP contribution in [0.15, 0.2) is 4.99 Å². The lowest BCUT2D eigenvalue weighted by atomic mass is 10.0. The maximum absolute atomic E-state index is 6.08. The highest BCUT2D eigenvalue weighted by atomic mass is 15.1. The number of unbranched alkanes of at least 4 members (excludes halogenated alkanes) is 38. The summed E-state index contributed by atoms with van der Waals surface area (Å²) in [4.78, 5) is 4.55. The molecule has 0 rings (SSSR count). The van der Waals surface area contributed by atoms with E-state index in [2.05, 4.69) is 24.2 Å². The second-order valence-corrected chi connectivity index (χ2v) is 15.6. The summed E-state index contributed by atoms with van der Waals surface area (Å²) in [6.07, 6.45) is 57.1. The average molecular weight is 676 g/mol. The summed E-state index contributed by atoms with van der Waals surface area (Å²) >= 11 is 0. The monoisotopic (exact) mass is 676 g/mol. The molecule has 3 nitrogen and oxygen atoms in total. The van der Waals surface area contributed by atoms with Gasteiger partial charge in [-0.1, -0.05) is 258 Å². The van der Waals surface area contributed by atoms with Crippen LogP contribution >= 0.6 is 0 Å². The first-order chi connectivity index (χ1) is 23.8. The van der Waals surface area contributed by atoms with Crippen LogP contribution in [0, 0.1) is 0 Å². The van der Waals surface area contributed by atoms with Gasteiger partial charge in [0.2, 0.25) is 0 Å². The Labute approximate surface area is 305 Å². The fourth-order valence-corrected chi connectivity index (χ4v) is 7.22. The topological polar surface area (TPSA) is 50.4 Å². The standard InChI is InChI=1S/C45H93N3/c1-3-5-7-9-11-13-15-17-19-21-23-25-27-29-31-33-35-37-39-41-43-47-45(46)48-44-42-40-38-36-34-32-30-28-26-24-22-20-18-16-14-12-10-8-6-4-2/h3-44H2,1-2H3,(H3,46,47,48). The van der Waals surface area contributed by atoms with Gasteiger partial charge in [-0.2, -0.15) is 0 Å². The van der Waals surface area contributed by atoms with Crippen LogP contribution in [0.25, 0.3) is 0 Å². The number of aliphatic imine (C=N–C) groups is 1. The van der Waals surface area contributed by atoms with Gasteiger partial charge in [0.15, 0.2) is 5.96 Å². The summed E-state index contributed by atoms with van der Waals surface area (Å²) in [5, 5.41) is 3.33. The maximum atomic E-state index is 6.08. The molecule has 0 aromatic carbocycles. The van der Waals surface area contributed by atoms with Crippen LogP contribution in [0.3, 0.4) is 0 Å². The van der Waals surface area contributed by atoms with E-state index in [1.807, 2.05) is 0 Å². The van der Waals surface area contributed by atoms with Crippen molar-refractivity contribution in [3.63, 3.8) is 0 Å². The Morgan fingerprint density at radius 1 is 0.312 bits per heavy atom. The van der Waals surface area contributed by atoms with E-state index in [1.54, 1.807) is 0 Å². The van der Waals surface area contributed by atoms with Crippen molar-refractivity contribution in [2.75, 3.05) is 13.1 Å². The van der Waals surface area contributed by atoms with Gasteiger partial charge in [0.25, 0.3) is 0 Å². The molecule has 0 saturated carbocycles. The zero-order chi connectivity index (χ0) is 34.7. The van der Waals surface area contributed by atoms with Gasteiger partial charge in [0.1, 0.15) is 0 Å². The molecular formula is C45H93N3. The molecule has 0 spiro atoms. The predicted molar refractivity (Wildman–Crippen MR) is 221 cm³/mol. The Hall–Kier alpha value is -0.730. The minimum Gasteiger partial charge on any atom is -0.370 e. The fraction of sp³-hybridized carbons (Fsp3) is 0.978. The molecule has 0 aliphatic carbocycles. The van der Waals surface area contributed by atoms with E-state index in [0.717, 1.165) is 13.1 Å². The molecule has 3 N–H and O–H groups in total. The number of hydrogen-bond donors (Lipinski definition) is 2. The van der Waals surface area contributed by atoms with E-state index in [-0.39, 0.29) is 0 Å². The Morgan fingerprint density at radius 2 is 0.521 bits per heavy atom.